The molecule has 3 nitrogen and oxygen atoms in total. The summed E-state index contributed by atoms with van der Waals surface area (Å²) in [7, 11) is 1.64. The summed E-state index contributed by atoms with van der Waals surface area (Å²) in [5, 5.41) is 3.40. The van der Waals surface area contributed by atoms with Gasteiger partial charge in [0, 0.05) is 5.54 Å². The molecular formula is C12H20N2O. The molecule has 0 aliphatic carbocycles. The van der Waals surface area contributed by atoms with Crippen molar-refractivity contribution in [3.8, 4) is 5.75 Å². The highest BCUT2D eigenvalue weighted by atomic mass is 16.5. The lowest BCUT2D eigenvalue weighted by molar-refractivity contribution is 0.413. The first-order valence-corrected chi connectivity index (χ1v) is 5.35. The summed E-state index contributed by atoms with van der Waals surface area (Å²) >= 11 is 0. The van der Waals surface area contributed by atoms with Crippen molar-refractivity contribution in [2.24, 2.45) is 0 Å². The molecule has 0 radical (unpaired) electrons. The summed E-state index contributed by atoms with van der Waals surface area (Å²) < 4.78 is 5.06. The number of hydrogen-bond donors (Lipinski definition) is 1. The molecule has 0 saturated heterocycles. The lowest BCUT2D eigenvalue weighted by Crippen LogP contribution is -2.30. The summed E-state index contributed by atoms with van der Waals surface area (Å²) in [6.07, 6.45) is 4.02. The smallest absolute Gasteiger partial charge is 0.137 e. The Labute approximate surface area is 91.9 Å². The number of aromatic nitrogens is 1. The van der Waals surface area contributed by atoms with E-state index in [1.165, 1.54) is 0 Å². The minimum Gasteiger partial charge on any atom is -0.495 e. The van der Waals surface area contributed by atoms with Crippen LogP contribution in [0.3, 0.4) is 0 Å². The lowest BCUT2D eigenvalue weighted by atomic mass is 9.99. The molecule has 3 heteroatoms. The van der Waals surface area contributed by atoms with E-state index in [0.29, 0.717) is 0 Å². The topological polar surface area (TPSA) is 34.1 Å². The first-order valence-electron chi connectivity index (χ1n) is 5.35. The fraction of sp³-hybridized carbons (Fsp3) is 0.583. The maximum Gasteiger partial charge on any atom is 0.137 e. The molecule has 0 fully saturated rings. The molecule has 1 N–H and O–H groups in total. The number of hydrogen-bond acceptors (Lipinski definition) is 3. The van der Waals surface area contributed by atoms with E-state index in [2.05, 4.69) is 31.1 Å². The van der Waals surface area contributed by atoms with E-state index in [1.807, 2.05) is 12.1 Å². The van der Waals surface area contributed by atoms with Crippen LogP contribution < -0.4 is 10.1 Å². The lowest BCUT2D eigenvalue weighted by Gasteiger charge is -2.26. The summed E-state index contributed by atoms with van der Waals surface area (Å²) in [5.74, 6) is 1.68. The van der Waals surface area contributed by atoms with Gasteiger partial charge in [-0.05, 0) is 32.4 Å². The molecule has 0 bridgehead atoms. The van der Waals surface area contributed by atoms with Crippen LogP contribution in [0.4, 0.5) is 5.82 Å². The molecule has 1 rings (SSSR count). The van der Waals surface area contributed by atoms with Crippen molar-refractivity contribution in [3.05, 3.63) is 18.3 Å². The van der Waals surface area contributed by atoms with Crippen LogP contribution in [0.5, 0.6) is 5.75 Å². The largest absolute Gasteiger partial charge is 0.495 e. The van der Waals surface area contributed by atoms with Crippen molar-refractivity contribution in [3.63, 3.8) is 0 Å². The highest BCUT2D eigenvalue weighted by Crippen LogP contribution is 2.19. The molecule has 1 aromatic heterocycles. The van der Waals surface area contributed by atoms with Crippen molar-refractivity contribution >= 4 is 5.82 Å². The molecule has 1 heterocycles. The fourth-order valence-corrected chi connectivity index (χ4v) is 1.61. The van der Waals surface area contributed by atoms with E-state index < -0.39 is 0 Å². The van der Waals surface area contributed by atoms with Gasteiger partial charge in [-0.3, -0.25) is 0 Å². The average Bonchev–Trinajstić information content (AvgIpc) is 2.18. The predicted molar refractivity (Wildman–Crippen MR) is 63.4 cm³/mol. The maximum atomic E-state index is 5.06. The van der Waals surface area contributed by atoms with E-state index in [9.17, 15) is 0 Å². The van der Waals surface area contributed by atoms with Gasteiger partial charge < -0.3 is 10.1 Å². The molecule has 0 atom stereocenters. The minimum absolute atomic E-state index is 0.0936. The Morgan fingerprint density at radius 2 is 2.13 bits per heavy atom. The van der Waals surface area contributed by atoms with Crippen LogP contribution in [-0.2, 0) is 0 Å². The molecule has 0 saturated carbocycles. The van der Waals surface area contributed by atoms with Gasteiger partial charge in [-0.25, -0.2) is 4.98 Å². The normalized spacial score (nSPS) is 11.2. The molecular weight excluding hydrogens is 188 g/mol. The van der Waals surface area contributed by atoms with Gasteiger partial charge in [0.15, 0.2) is 0 Å². The van der Waals surface area contributed by atoms with Crippen LogP contribution in [0, 0.1) is 0 Å². The summed E-state index contributed by atoms with van der Waals surface area (Å²) in [6, 6.07) is 3.85. The molecule has 0 aliphatic heterocycles. The Morgan fingerprint density at radius 1 is 1.40 bits per heavy atom. The SMILES string of the molecule is CCCC(C)(C)Nc1ccc(OC)cn1. The first-order chi connectivity index (χ1) is 7.07. The van der Waals surface area contributed by atoms with Crippen molar-refractivity contribution in [1.29, 1.82) is 0 Å². The molecule has 15 heavy (non-hydrogen) atoms. The van der Waals surface area contributed by atoms with Crippen molar-refractivity contribution in [2.75, 3.05) is 12.4 Å². The van der Waals surface area contributed by atoms with Crippen LogP contribution in [0.15, 0.2) is 18.3 Å². The number of nitrogens with one attached hydrogen (secondary N) is 1. The Morgan fingerprint density at radius 3 is 2.60 bits per heavy atom. The third-order valence-electron chi connectivity index (χ3n) is 2.31. The zero-order chi connectivity index (χ0) is 11.3. The Bertz CT molecular complexity index is 293. The molecule has 0 aliphatic rings. The van der Waals surface area contributed by atoms with Crippen molar-refractivity contribution in [2.45, 2.75) is 39.2 Å². The number of pyridine rings is 1. The third kappa shape index (κ3) is 3.78. The van der Waals surface area contributed by atoms with Crippen LogP contribution in [-0.4, -0.2) is 17.6 Å². The quantitative estimate of drug-likeness (QED) is 0.807. The number of ether oxygens (including phenoxy) is 1. The Hall–Kier alpha value is -1.25. The monoisotopic (exact) mass is 208 g/mol. The minimum atomic E-state index is 0.0936. The van der Waals surface area contributed by atoms with Gasteiger partial charge in [0.25, 0.3) is 0 Å². The number of nitrogens with zero attached hydrogens (tertiary/aromatic N) is 1. The molecule has 0 amide bonds. The summed E-state index contributed by atoms with van der Waals surface area (Å²) in [4.78, 5) is 4.28. The van der Waals surface area contributed by atoms with Crippen LogP contribution in [0.2, 0.25) is 0 Å². The second kappa shape index (κ2) is 5.01. The zero-order valence-electron chi connectivity index (χ0n) is 10.0. The average molecular weight is 208 g/mol. The first kappa shape index (κ1) is 11.8. The molecule has 0 unspecified atom stereocenters. The van der Waals surface area contributed by atoms with Gasteiger partial charge in [-0.15, -0.1) is 0 Å². The maximum absolute atomic E-state index is 5.06. The van der Waals surface area contributed by atoms with Gasteiger partial charge in [0.1, 0.15) is 11.6 Å². The van der Waals surface area contributed by atoms with Crippen molar-refractivity contribution < 1.29 is 4.74 Å². The van der Waals surface area contributed by atoms with E-state index in [-0.39, 0.29) is 5.54 Å². The number of methoxy groups -OCH3 is 1. The molecule has 0 aromatic carbocycles. The van der Waals surface area contributed by atoms with Gasteiger partial charge in [-0.1, -0.05) is 13.3 Å². The van der Waals surface area contributed by atoms with Gasteiger partial charge >= 0.3 is 0 Å². The fourth-order valence-electron chi connectivity index (χ4n) is 1.61. The number of anilines is 1. The second-order valence-corrected chi connectivity index (χ2v) is 4.34. The van der Waals surface area contributed by atoms with Crippen LogP contribution in [0.25, 0.3) is 0 Å². The highest BCUT2D eigenvalue weighted by Gasteiger charge is 2.16. The predicted octanol–water partition coefficient (Wildman–Crippen LogP) is 3.08. The Balaban J connectivity index is 2.64. The highest BCUT2D eigenvalue weighted by molar-refractivity contribution is 5.39. The van der Waals surface area contributed by atoms with Crippen molar-refractivity contribution in [1.82, 2.24) is 4.98 Å². The standard InChI is InChI=1S/C12H20N2O/c1-5-8-12(2,3)14-11-7-6-10(15-4)9-13-11/h6-7,9H,5,8H2,1-4H3,(H,13,14). The van der Waals surface area contributed by atoms with E-state index in [4.69, 9.17) is 4.74 Å². The third-order valence-corrected chi connectivity index (χ3v) is 2.31. The summed E-state index contributed by atoms with van der Waals surface area (Å²) in [5.41, 5.74) is 0.0936. The van der Waals surface area contributed by atoms with E-state index in [1.54, 1.807) is 13.3 Å². The summed E-state index contributed by atoms with van der Waals surface area (Å²) in [6.45, 7) is 6.55. The second-order valence-electron chi connectivity index (χ2n) is 4.34. The Kier molecular flexibility index (Phi) is 3.95. The molecule has 1 aromatic rings. The van der Waals surface area contributed by atoms with Crippen LogP contribution >= 0.6 is 0 Å². The van der Waals surface area contributed by atoms with Gasteiger partial charge in [0.05, 0.1) is 13.3 Å². The molecule has 84 valence electrons. The van der Waals surface area contributed by atoms with E-state index in [0.717, 1.165) is 24.4 Å². The molecule has 0 spiro atoms. The number of rotatable bonds is 5. The van der Waals surface area contributed by atoms with Gasteiger partial charge in [0.2, 0.25) is 0 Å². The van der Waals surface area contributed by atoms with E-state index >= 15 is 0 Å². The zero-order valence-corrected chi connectivity index (χ0v) is 10.0. The van der Waals surface area contributed by atoms with Crippen LogP contribution in [0.1, 0.15) is 33.6 Å². The van der Waals surface area contributed by atoms with Gasteiger partial charge in [-0.2, -0.15) is 0 Å².